The fourth-order valence-electron chi connectivity index (χ4n) is 3.29. The lowest BCUT2D eigenvalue weighted by molar-refractivity contribution is 0.231. The molecule has 1 saturated heterocycles. The van der Waals surface area contributed by atoms with Gasteiger partial charge in [-0.05, 0) is 55.6 Å². The van der Waals surface area contributed by atoms with Crippen LogP contribution in [0.25, 0.3) is 0 Å². The van der Waals surface area contributed by atoms with Gasteiger partial charge in [-0.3, -0.25) is 0 Å². The van der Waals surface area contributed by atoms with Crippen LogP contribution >= 0.6 is 0 Å². The Hall–Kier alpha value is -2.53. The number of urea groups is 1. The molecule has 138 valence electrons. The van der Waals surface area contributed by atoms with E-state index in [0.29, 0.717) is 18.0 Å². The van der Waals surface area contributed by atoms with Crippen molar-refractivity contribution in [2.24, 2.45) is 5.73 Å². The second kappa shape index (κ2) is 9.25. The maximum absolute atomic E-state index is 11.4. The first-order valence-electron chi connectivity index (χ1n) is 9.29. The second-order valence-electron chi connectivity index (χ2n) is 6.75. The highest BCUT2D eigenvalue weighted by molar-refractivity contribution is 5.89. The summed E-state index contributed by atoms with van der Waals surface area (Å²) >= 11 is 0. The van der Waals surface area contributed by atoms with E-state index in [4.69, 9.17) is 10.5 Å². The van der Waals surface area contributed by atoms with Gasteiger partial charge in [0.25, 0.3) is 0 Å². The molecule has 5 heteroatoms. The number of hydrogen-bond acceptors (Lipinski definition) is 3. The van der Waals surface area contributed by atoms with E-state index in [9.17, 15) is 4.79 Å². The number of hydrogen-bond donors (Lipinski definition) is 2. The van der Waals surface area contributed by atoms with Gasteiger partial charge in [-0.25, -0.2) is 4.79 Å². The predicted octanol–water partition coefficient (Wildman–Crippen LogP) is 3.78. The maximum atomic E-state index is 11.4. The number of primary amides is 1. The molecule has 0 atom stereocenters. The van der Waals surface area contributed by atoms with Crippen LogP contribution in [0.2, 0.25) is 0 Å². The Bertz CT molecular complexity index is 712. The molecule has 3 N–H and O–H groups in total. The smallest absolute Gasteiger partial charge is 0.316 e. The zero-order valence-corrected chi connectivity index (χ0v) is 15.1. The molecule has 1 aliphatic heterocycles. The van der Waals surface area contributed by atoms with Crippen LogP contribution in [0, 0.1) is 0 Å². The fourth-order valence-corrected chi connectivity index (χ4v) is 3.29. The SMILES string of the molecule is NC(=O)Nc1cc(CCN2CCCCC2)ccc1OCc1ccccc1. The molecular formula is C21H27N3O2. The summed E-state index contributed by atoms with van der Waals surface area (Å²) in [5, 5.41) is 2.69. The van der Waals surface area contributed by atoms with E-state index in [-0.39, 0.29) is 0 Å². The van der Waals surface area contributed by atoms with Gasteiger partial charge in [0.15, 0.2) is 0 Å². The van der Waals surface area contributed by atoms with E-state index >= 15 is 0 Å². The summed E-state index contributed by atoms with van der Waals surface area (Å²) in [5.41, 5.74) is 8.21. The normalized spacial score (nSPS) is 14.8. The first-order valence-corrected chi connectivity index (χ1v) is 9.29. The summed E-state index contributed by atoms with van der Waals surface area (Å²) in [6.45, 7) is 3.86. The Morgan fingerprint density at radius 1 is 1.04 bits per heavy atom. The number of rotatable bonds is 7. The molecule has 5 nitrogen and oxygen atoms in total. The molecule has 2 aromatic rings. The molecule has 0 spiro atoms. The van der Waals surface area contributed by atoms with Crippen LogP contribution in [0.3, 0.4) is 0 Å². The summed E-state index contributed by atoms with van der Waals surface area (Å²) in [6.07, 6.45) is 4.88. The highest BCUT2D eigenvalue weighted by atomic mass is 16.5. The van der Waals surface area contributed by atoms with Crippen LogP contribution in [-0.2, 0) is 13.0 Å². The Morgan fingerprint density at radius 2 is 1.81 bits per heavy atom. The summed E-state index contributed by atoms with van der Waals surface area (Å²) < 4.78 is 5.89. The van der Waals surface area contributed by atoms with Gasteiger partial charge in [-0.15, -0.1) is 0 Å². The number of anilines is 1. The molecule has 1 fully saturated rings. The van der Waals surface area contributed by atoms with Crippen molar-refractivity contribution >= 4 is 11.7 Å². The standard InChI is InChI=1S/C21H27N3O2/c22-21(25)23-19-15-17(11-14-24-12-5-2-6-13-24)9-10-20(19)26-16-18-7-3-1-4-8-18/h1,3-4,7-10,15H,2,5-6,11-14,16H2,(H3,22,23,25). The molecule has 3 rings (SSSR count). The van der Waals surface area contributed by atoms with Crippen molar-refractivity contribution in [2.75, 3.05) is 25.0 Å². The molecule has 0 saturated carbocycles. The maximum Gasteiger partial charge on any atom is 0.316 e. The number of ether oxygens (including phenoxy) is 1. The Kier molecular flexibility index (Phi) is 6.50. The van der Waals surface area contributed by atoms with Crippen molar-refractivity contribution in [3.63, 3.8) is 0 Å². The first-order chi connectivity index (χ1) is 12.7. The molecule has 0 aromatic heterocycles. The lowest BCUT2D eigenvalue weighted by Crippen LogP contribution is -2.31. The summed E-state index contributed by atoms with van der Waals surface area (Å²) in [4.78, 5) is 13.9. The van der Waals surface area contributed by atoms with E-state index in [0.717, 1.165) is 18.5 Å². The molecule has 26 heavy (non-hydrogen) atoms. The van der Waals surface area contributed by atoms with Crippen LogP contribution in [-0.4, -0.2) is 30.6 Å². The minimum absolute atomic E-state index is 0.446. The van der Waals surface area contributed by atoms with Crippen molar-refractivity contribution in [2.45, 2.75) is 32.3 Å². The van der Waals surface area contributed by atoms with Gasteiger partial charge in [0, 0.05) is 6.54 Å². The Morgan fingerprint density at radius 3 is 2.54 bits per heavy atom. The number of nitrogens with zero attached hydrogens (tertiary/aromatic N) is 1. The van der Waals surface area contributed by atoms with Crippen LogP contribution in [0.4, 0.5) is 10.5 Å². The number of piperidine rings is 1. The third kappa shape index (κ3) is 5.49. The van der Waals surface area contributed by atoms with E-state index in [1.807, 2.05) is 42.5 Å². The van der Waals surface area contributed by atoms with Gasteiger partial charge >= 0.3 is 6.03 Å². The summed E-state index contributed by atoms with van der Waals surface area (Å²) in [7, 11) is 0. The average molecular weight is 353 g/mol. The lowest BCUT2D eigenvalue weighted by Gasteiger charge is -2.26. The van der Waals surface area contributed by atoms with E-state index < -0.39 is 6.03 Å². The topological polar surface area (TPSA) is 67.6 Å². The molecular weight excluding hydrogens is 326 g/mol. The number of carbonyl (C=O) groups excluding carboxylic acids is 1. The lowest BCUT2D eigenvalue weighted by atomic mass is 10.1. The Labute approximate surface area is 155 Å². The largest absolute Gasteiger partial charge is 0.487 e. The van der Waals surface area contributed by atoms with Gasteiger partial charge < -0.3 is 20.7 Å². The molecule has 0 radical (unpaired) electrons. The number of benzene rings is 2. The highest BCUT2D eigenvalue weighted by Crippen LogP contribution is 2.27. The minimum Gasteiger partial charge on any atom is -0.487 e. The number of amides is 2. The molecule has 1 aliphatic rings. The number of carbonyl (C=O) groups is 1. The van der Waals surface area contributed by atoms with Crippen molar-refractivity contribution in [1.29, 1.82) is 0 Å². The molecule has 0 bridgehead atoms. The van der Waals surface area contributed by atoms with Gasteiger partial charge in [-0.1, -0.05) is 42.8 Å². The van der Waals surface area contributed by atoms with E-state index in [2.05, 4.69) is 16.3 Å². The fraction of sp³-hybridized carbons (Fsp3) is 0.381. The zero-order chi connectivity index (χ0) is 18.2. The molecule has 0 aliphatic carbocycles. The van der Waals surface area contributed by atoms with Crippen molar-refractivity contribution in [3.05, 3.63) is 59.7 Å². The quantitative estimate of drug-likeness (QED) is 0.796. The third-order valence-corrected chi connectivity index (χ3v) is 4.70. The van der Waals surface area contributed by atoms with Crippen molar-refractivity contribution in [1.82, 2.24) is 4.90 Å². The van der Waals surface area contributed by atoms with Crippen LogP contribution in [0.5, 0.6) is 5.75 Å². The molecule has 2 aromatic carbocycles. The zero-order valence-electron chi connectivity index (χ0n) is 15.1. The molecule has 1 heterocycles. The average Bonchev–Trinajstić information content (AvgIpc) is 2.67. The van der Waals surface area contributed by atoms with Crippen LogP contribution in [0.15, 0.2) is 48.5 Å². The highest BCUT2D eigenvalue weighted by Gasteiger charge is 2.12. The van der Waals surface area contributed by atoms with Crippen LogP contribution < -0.4 is 15.8 Å². The number of likely N-dealkylation sites (tertiary alicyclic amines) is 1. The molecule has 2 amide bonds. The predicted molar refractivity (Wildman–Crippen MR) is 104 cm³/mol. The van der Waals surface area contributed by atoms with Gasteiger partial charge in [-0.2, -0.15) is 0 Å². The summed E-state index contributed by atoms with van der Waals surface area (Å²) in [5.74, 6) is 0.634. The van der Waals surface area contributed by atoms with Gasteiger partial charge in [0.05, 0.1) is 5.69 Å². The van der Waals surface area contributed by atoms with Crippen molar-refractivity contribution < 1.29 is 9.53 Å². The third-order valence-electron chi connectivity index (χ3n) is 4.70. The van der Waals surface area contributed by atoms with E-state index in [1.165, 1.54) is 37.9 Å². The van der Waals surface area contributed by atoms with E-state index in [1.54, 1.807) is 0 Å². The van der Waals surface area contributed by atoms with Crippen LogP contribution in [0.1, 0.15) is 30.4 Å². The van der Waals surface area contributed by atoms with Gasteiger partial charge in [0.1, 0.15) is 12.4 Å². The summed E-state index contributed by atoms with van der Waals surface area (Å²) in [6, 6.07) is 15.3. The first kappa shape index (κ1) is 18.3. The molecule has 0 unspecified atom stereocenters. The number of nitrogens with one attached hydrogen (secondary N) is 1. The van der Waals surface area contributed by atoms with Crippen molar-refractivity contribution in [3.8, 4) is 5.75 Å². The van der Waals surface area contributed by atoms with Gasteiger partial charge in [0.2, 0.25) is 0 Å². The number of nitrogens with two attached hydrogens (primary N) is 1. The Balaban J connectivity index is 1.65. The second-order valence-corrected chi connectivity index (χ2v) is 6.75. The monoisotopic (exact) mass is 353 g/mol. The minimum atomic E-state index is -0.581.